The van der Waals surface area contributed by atoms with Crippen LogP contribution in [0.4, 0.5) is 14.5 Å². The number of hydrogen-bond donors (Lipinski definition) is 2. The van der Waals surface area contributed by atoms with Crippen LogP contribution in [-0.4, -0.2) is 42.3 Å². The summed E-state index contributed by atoms with van der Waals surface area (Å²) in [7, 11) is 0. The maximum atomic E-state index is 13.0. The smallest absolute Gasteiger partial charge is 0.461 e. The summed E-state index contributed by atoms with van der Waals surface area (Å²) in [5, 5.41) is 2.40. The topological polar surface area (TPSA) is 116 Å². The maximum Gasteiger partial charge on any atom is 0.586 e. The second-order valence-corrected chi connectivity index (χ2v) is 6.30. The highest BCUT2D eigenvalue weighted by molar-refractivity contribution is 6.00. The van der Waals surface area contributed by atoms with Crippen LogP contribution in [0.25, 0.3) is 0 Å². The normalized spacial score (nSPS) is 13.6. The fraction of sp³-hybridized carbons (Fsp3) is 0.316. The molecule has 1 aliphatic heterocycles. The third-order valence-corrected chi connectivity index (χ3v) is 4.14. The second kappa shape index (κ2) is 8.01. The first-order valence-electron chi connectivity index (χ1n) is 8.84. The monoisotopic (exact) mass is 424 g/mol. The lowest BCUT2D eigenvalue weighted by Crippen LogP contribution is -2.25. The van der Waals surface area contributed by atoms with E-state index in [1.165, 1.54) is 12.1 Å². The lowest BCUT2D eigenvalue weighted by atomic mass is 10.1. The van der Waals surface area contributed by atoms with E-state index in [0.29, 0.717) is 11.3 Å². The van der Waals surface area contributed by atoms with Crippen molar-refractivity contribution in [3.63, 3.8) is 0 Å². The molecule has 0 bridgehead atoms. The van der Waals surface area contributed by atoms with Crippen LogP contribution in [-0.2, 0) is 14.3 Å². The second-order valence-electron chi connectivity index (χ2n) is 6.30. The molecule has 2 aromatic rings. The summed E-state index contributed by atoms with van der Waals surface area (Å²) in [6, 6.07) is 3.69. The quantitative estimate of drug-likeness (QED) is 0.685. The Labute approximate surface area is 169 Å². The highest BCUT2D eigenvalue weighted by atomic mass is 19.3. The molecule has 1 aliphatic rings. The van der Waals surface area contributed by atoms with Crippen molar-refractivity contribution in [1.82, 2.24) is 4.98 Å². The highest BCUT2D eigenvalue weighted by Crippen LogP contribution is 2.42. The molecule has 0 aliphatic carbocycles. The van der Waals surface area contributed by atoms with Crippen LogP contribution in [0, 0.1) is 13.8 Å². The van der Waals surface area contributed by atoms with Crippen molar-refractivity contribution in [2.24, 2.45) is 0 Å². The molecular formula is C19H18F2N2O7. The summed E-state index contributed by atoms with van der Waals surface area (Å²) in [6.45, 7) is 4.32. The molecule has 0 atom stereocenters. The van der Waals surface area contributed by atoms with Crippen molar-refractivity contribution in [3.05, 3.63) is 40.7 Å². The Kier molecular flexibility index (Phi) is 5.63. The Morgan fingerprint density at radius 2 is 1.80 bits per heavy atom. The lowest BCUT2D eigenvalue weighted by Gasteiger charge is -2.08. The zero-order chi connectivity index (χ0) is 22.1. The predicted octanol–water partition coefficient (Wildman–Crippen LogP) is 2.93. The molecule has 11 heteroatoms. The molecule has 160 valence electrons. The van der Waals surface area contributed by atoms with Gasteiger partial charge >= 0.3 is 18.2 Å². The number of amides is 1. The Morgan fingerprint density at radius 1 is 1.10 bits per heavy atom. The number of anilines is 1. The van der Waals surface area contributed by atoms with Crippen molar-refractivity contribution < 1.29 is 42.1 Å². The molecule has 0 spiro atoms. The molecule has 1 aromatic heterocycles. The van der Waals surface area contributed by atoms with E-state index in [0.717, 1.165) is 6.07 Å². The molecule has 0 fully saturated rings. The molecular weight excluding hydrogens is 406 g/mol. The molecule has 0 radical (unpaired) electrons. The molecule has 1 aromatic carbocycles. The fourth-order valence-electron chi connectivity index (χ4n) is 2.89. The van der Waals surface area contributed by atoms with Gasteiger partial charge in [0.25, 0.3) is 5.91 Å². The van der Waals surface area contributed by atoms with Gasteiger partial charge in [-0.1, -0.05) is 0 Å². The number of ether oxygens (including phenoxy) is 4. The van der Waals surface area contributed by atoms with Crippen molar-refractivity contribution in [2.75, 3.05) is 18.5 Å². The van der Waals surface area contributed by atoms with Crippen LogP contribution in [0.3, 0.4) is 0 Å². The van der Waals surface area contributed by atoms with Crippen LogP contribution in [0.5, 0.6) is 11.5 Å². The maximum absolute atomic E-state index is 13.0. The number of H-pyrrole nitrogens is 1. The van der Waals surface area contributed by atoms with Crippen molar-refractivity contribution in [1.29, 1.82) is 0 Å². The first-order chi connectivity index (χ1) is 14.1. The Hall–Kier alpha value is -3.63. The number of aryl methyl sites for hydroxylation is 1. The van der Waals surface area contributed by atoms with E-state index in [1.54, 1.807) is 20.8 Å². The average molecular weight is 424 g/mol. The largest absolute Gasteiger partial charge is 0.586 e. The van der Waals surface area contributed by atoms with Crippen LogP contribution < -0.4 is 14.8 Å². The summed E-state index contributed by atoms with van der Waals surface area (Å²) in [5.74, 6) is -2.52. The minimum absolute atomic E-state index is 0.121. The van der Waals surface area contributed by atoms with Gasteiger partial charge in [0.2, 0.25) is 0 Å². The predicted molar refractivity (Wildman–Crippen MR) is 97.8 cm³/mol. The number of benzene rings is 1. The summed E-state index contributed by atoms with van der Waals surface area (Å²) in [6.07, 6.45) is -3.77. The van der Waals surface area contributed by atoms with Gasteiger partial charge in [0, 0.05) is 17.4 Å². The Morgan fingerprint density at radius 3 is 2.50 bits per heavy atom. The van der Waals surface area contributed by atoms with Crippen LogP contribution in [0.15, 0.2) is 18.2 Å². The summed E-state index contributed by atoms with van der Waals surface area (Å²) >= 11 is 0. The van der Waals surface area contributed by atoms with Crippen molar-refractivity contribution >= 4 is 23.5 Å². The number of carbonyl (C=O) groups excluding carboxylic acids is 3. The third kappa shape index (κ3) is 4.34. The summed E-state index contributed by atoms with van der Waals surface area (Å²) in [5.41, 5.74) is 1.12. The Bertz CT molecular complexity index is 1020. The van der Waals surface area contributed by atoms with Crippen molar-refractivity contribution in [3.8, 4) is 11.5 Å². The minimum Gasteiger partial charge on any atom is -0.461 e. The SMILES string of the molecule is CCOC(=O)c1[nH]c(C)c(C(=O)OCC(=O)Nc2ccc3c(c2)OC(F)(F)O3)c1C. The number of esters is 2. The first-order valence-corrected chi connectivity index (χ1v) is 8.84. The number of halogens is 2. The number of aromatic nitrogens is 1. The van der Waals surface area contributed by atoms with Gasteiger partial charge in [-0.3, -0.25) is 4.79 Å². The summed E-state index contributed by atoms with van der Waals surface area (Å²) in [4.78, 5) is 39.1. The number of rotatable bonds is 6. The highest BCUT2D eigenvalue weighted by Gasteiger charge is 2.43. The molecule has 3 rings (SSSR count). The van der Waals surface area contributed by atoms with E-state index in [4.69, 9.17) is 9.47 Å². The van der Waals surface area contributed by atoms with E-state index >= 15 is 0 Å². The number of carbonyl (C=O) groups is 3. The van der Waals surface area contributed by atoms with E-state index in [-0.39, 0.29) is 35.1 Å². The Balaban J connectivity index is 1.61. The van der Waals surface area contributed by atoms with Gasteiger partial charge in [0.1, 0.15) is 5.69 Å². The van der Waals surface area contributed by atoms with Crippen LogP contribution >= 0.6 is 0 Å². The average Bonchev–Trinajstić information content (AvgIpc) is 3.13. The molecule has 0 saturated carbocycles. The molecule has 0 saturated heterocycles. The van der Waals surface area contributed by atoms with Gasteiger partial charge in [-0.05, 0) is 38.5 Å². The van der Waals surface area contributed by atoms with Gasteiger partial charge < -0.3 is 29.2 Å². The first kappa shape index (κ1) is 21.1. The number of fused-ring (bicyclic) bond motifs is 1. The molecule has 0 unspecified atom stereocenters. The van der Waals surface area contributed by atoms with Gasteiger partial charge in [0.15, 0.2) is 18.1 Å². The standard InChI is InChI=1S/C19H18F2N2O7/c1-4-27-18(26)16-9(2)15(10(3)22-16)17(25)28-8-14(24)23-11-5-6-12-13(7-11)30-19(20,21)29-12/h5-7,22H,4,8H2,1-3H3,(H,23,24). The van der Waals surface area contributed by atoms with Gasteiger partial charge in [-0.15, -0.1) is 8.78 Å². The van der Waals surface area contributed by atoms with Gasteiger partial charge in [-0.25, -0.2) is 9.59 Å². The molecule has 9 nitrogen and oxygen atoms in total. The number of alkyl halides is 2. The zero-order valence-corrected chi connectivity index (χ0v) is 16.3. The van der Waals surface area contributed by atoms with Gasteiger partial charge in [0.05, 0.1) is 12.2 Å². The van der Waals surface area contributed by atoms with Crippen LogP contribution in [0.2, 0.25) is 0 Å². The number of nitrogens with one attached hydrogen (secondary N) is 2. The molecule has 30 heavy (non-hydrogen) atoms. The lowest BCUT2D eigenvalue weighted by molar-refractivity contribution is -0.286. The van der Waals surface area contributed by atoms with E-state index in [2.05, 4.69) is 19.8 Å². The number of hydrogen-bond acceptors (Lipinski definition) is 7. The minimum atomic E-state index is -3.77. The number of aromatic amines is 1. The summed E-state index contributed by atoms with van der Waals surface area (Å²) < 4.78 is 44.6. The van der Waals surface area contributed by atoms with E-state index in [1.807, 2.05) is 0 Å². The zero-order valence-electron chi connectivity index (χ0n) is 16.3. The third-order valence-electron chi connectivity index (χ3n) is 4.14. The molecule has 2 heterocycles. The van der Waals surface area contributed by atoms with Crippen molar-refractivity contribution in [2.45, 2.75) is 27.1 Å². The van der Waals surface area contributed by atoms with Crippen LogP contribution in [0.1, 0.15) is 39.0 Å². The van der Waals surface area contributed by atoms with Gasteiger partial charge in [-0.2, -0.15) is 0 Å². The molecule has 1 amide bonds. The van der Waals surface area contributed by atoms with E-state index in [9.17, 15) is 23.2 Å². The van der Waals surface area contributed by atoms with E-state index < -0.39 is 30.7 Å². The molecule has 2 N–H and O–H groups in total. The fourth-order valence-corrected chi connectivity index (χ4v) is 2.89.